The van der Waals surface area contributed by atoms with Crippen LogP contribution >= 0.6 is 0 Å². The van der Waals surface area contributed by atoms with Crippen molar-refractivity contribution in [1.29, 1.82) is 0 Å². The second-order valence-electron chi connectivity index (χ2n) is 5.20. The topological polar surface area (TPSA) is 74.7 Å². The number of aldehydes is 1. The molecule has 0 atom stereocenters. The number of phenolic OH excluding ortho intramolecular Hbond substituents is 1. The Kier molecular flexibility index (Phi) is 3.72. The van der Waals surface area contributed by atoms with Crippen LogP contribution in [0.1, 0.15) is 21.5 Å². The molecule has 2 aromatic carbocycles. The number of rotatable bonds is 3. The van der Waals surface area contributed by atoms with Crippen LogP contribution in [0.5, 0.6) is 5.75 Å². The lowest BCUT2D eigenvalue weighted by Crippen LogP contribution is -2.36. The number of carbonyl (C=O) groups excluding carboxylic acids is 1. The van der Waals surface area contributed by atoms with E-state index in [0.29, 0.717) is 19.3 Å². The Balaban J connectivity index is 1.95. The fraction of sp³-hybridized carbons (Fsp3) is 0.188. The van der Waals surface area contributed by atoms with Crippen molar-refractivity contribution in [3.63, 3.8) is 0 Å². The minimum absolute atomic E-state index is 0.118. The number of hydrogen-bond donors (Lipinski definition) is 1. The zero-order valence-corrected chi connectivity index (χ0v) is 12.6. The molecule has 0 unspecified atom stereocenters. The fourth-order valence-corrected chi connectivity index (χ4v) is 4.07. The molecular weight excluding hydrogens is 302 g/mol. The molecule has 0 amide bonds. The van der Waals surface area contributed by atoms with Gasteiger partial charge in [-0.1, -0.05) is 18.2 Å². The average molecular weight is 317 g/mol. The summed E-state index contributed by atoms with van der Waals surface area (Å²) in [6.07, 6.45) is 1.12. The predicted octanol–water partition coefficient (Wildman–Crippen LogP) is 1.95. The lowest BCUT2D eigenvalue weighted by molar-refractivity contribution is 0.112. The predicted molar refractivity (Wildman–Crippen MR) is 81.2 cm³/mol. The smallest absolute Gasteiger partial charge is 0.243 e. The molecule has 22 heavy (non-hydrogen) atoms. The number of sulfonamides is 1. The summed E-state index contributed by atoms with van der Waals surface area (Å²) < 4.78 is 26.6. The van der Waals surface area contributed by atoms with Crippen LogP contribution in [0.2, 0.25) is 0 Å². The highest BCUT2D eigenvalue weighted by Crippen LogP contribution is 2.29. The molecule has 3 rings (SSSR count). The van der Waals surface area contributed by atoms with Crippen molar-refractivity contribution in [2.45, 2.75) is 17.9 Å². The number of benzene rings is 2. The molecule has 0 aliphatic carbocycles. The van der Waals surface area contributed by atoms with E-state index < -0.39 is 10.0 Å². The molecule has 1 N–H and O–H groups in total. The van der Waals surface area contributed by atoms with Gasteiger partial charge >= 0.3 is 0 Å². The van der Waals surface area contributed by atoms with Crippen LogP contribution in [-0.4, -0.2) is 30.7 Å². The second kappa shape index (κ2) is 5.55. The molecule has 0 radical (unpaired) electrons. The van der Waals surface area contributed by atoms with E-state index in [2.05, 4.69) is 0 Å². The molecule has 1 aliphatic rings. The fourth-order valence-electron chi connectivity index (χ4n) is 2.63. The van der Waals surface area contributed by atoms with Gasteiger partial charge < -0.3 is 5.11 Å². The van der Waals surface area contributed by atoms with Crippen LogP contribution in [0, 0.1) is 0 Å². The molecule has 5 nitrogen and oxygen atoms in total. The lowest BCUT2D eigenvalue weighted by atomic mass is 9.98. The molecule has 114 valence electrons. The zero-order chi connectivity index (χ0) is 15.7. The van der Waals surface area contributed by atoms with E-state index in [1.165, 1.54) is 10.4 Å². The first kappa shape index (κ1) is 14.7. The molecular formula is C16H15NO4S. The molecule has 0 saturated heterocycles. The number of aromatic hydroxyl groups is 1. The van der Waals surface area contributed by atoms with E-state index in [9.17, 15) is 18.3 Å². The maximum Gasteiger partial charge on any atom is 0.243 e. The Bertz CT molecular complexity index is 816. The van der Waals surface area contributed by atoms with Crippen LogP contribution < -0.4 is 0 Å². The summed E-state index contributed by atoms with van der Waals surface area (Å²) in [6, 6.07) is 11.4. The van der Waals surface area contributed by atoms with Gasteiger partial charge in [-0.25, -0.2) is 8.42 Å². The van der Waals surface area contributed by atoms with Gasteiger partial charge in [-0.3, -0.25) is 4.79 Å². The Labute approximate surface area is 128 Å². The van der Waals surface area contributed by atoms with Gasteiger partial charge in [0.1, 0.15) is 5.75 Å². The van der Waals surface area contributed by atoms with Crippen molar-refractivity contribution in [1.82, 2.24) is 4.31 Å². The summed E-state index contributed by atoms with van der Waals surface area (Å²) in [6.45, 7) is 0.548. The van der Waals surface area contributed by atoms with Gasteiger partial charge in [-0.05, 0) is 41.8 Å². The van der Waals surface area contributed by atoms with Crippen molar-refractivity contribution in [2.75, 3.05) is 6.54 Å². The SMILES string of the molecule is O=Cc1cc2c(cc1O)CN(S(=O)(=O)c1ccccc1)CC2. The Morgan fingerprint density at radius 3 is 2.50 bits per heavy atom. The van der Waals surface area contributed by atoms with E-state index in [1.54, 1.807) is 36.4 Å². The lowest BCUT2D eigenvalue weighted by Gasteiger charge is -2.28. The van der Waals surface area contributed by atoms with Gasteiger partial charge in [0.05, 0.1) is 10.5 Å². The standard InChI is InChI=1S/C16H15NO4S/c18-11-14-8-12-6-7-17(10-13(12)9-16(14)19)22(20,21)15-4-2-1-3-5-15/h1-5,8-9,11,19H,6-7,10H2. The maximum atomic E-state index is 12.6. The summed E-state index contributed by atoms with van der Waals surface area (Å²) >= 11 is 0. The minimum atomic E-state index is -3.55. The van der Waals surface area contributed by atoms with Gasteiger partial charge in [0.15, 0.2) is 6.29 Å². The summed E-state index contributed by atoms with van der Waals surface area (Å²) in [5, 5.41) is 9.77. The highest BCUT2D eigenvalue weighted by Gasteiger charge is 2.28. The maximum absolute atomic E-state index is 12.6. The molecule has 2 aromatic rings. The van der Waals surface area contributed by atoms with E-state index in [1.807, 2.05) is 0 Å². The largest absolute Gasteiger partial charge is 0.507 e. The van der Waals surface area contributed by atoms with Gasteiger partial charge in [-0.2, -0.15) is 4.31 Å². The second-order valence-corrected chi connectivity index (χ2v) is 7.14. The Hall–Kier alpha value is -2.18. The van der Waals surface area contributed by atoms with Crippen molar-refractivity contribution >= 4 is 16.3 Å². The summed E-state index contributed by atoms with van der Waals surface area (Å²) in [7, 11) is -3.55. The molecule has 0 bridgehead atoms. The third-order valence-corrected chi connectivity index (χ3v) is 5.69. The quantitative estimate of drug-likeness (QED) is 0.878. The monoisotopic (exact) mass is 317 g/mol. The number of hydrogen-bond acceptors (Lipinski definition) is 4. The van der Waals surface area contributed by atoms with Crippen LogP contribution in [0.25, 0.3) is 0 Å². The van der Waals surface area contributed by atoms with Gasteiger partial charge in [0.25, 0.3) is 0 Å². The Morgan fingerprint density at radius 1 is 1.09 bits per heavy atom. The first-order chi connectivity index (χ1) is 10.5. The van der Waals surface area contributed by atoms with Crippen LogP contribution in [0.15, 0.2) is 47.4 Å². The number of fused-ring (bicyclic) bond motifs is 1. The van der Waals surface area contributed by atoms with E-state index in [4.69, 9.17) is 0 Å². The van der Waals surface area contributed by atoms with Crippen LogP contribution in [-0.2, 0) is 23.0 Å². The van der Waals surface area contributed by atoms with Gasteiger partial charge in [0, 0.05) is 13.1 Å². The number of phenols is 1. The Morgan fingerprint density at radius 2 is 1.82 bits per heavy atom. The third kappa shape index (κ3) is 2.51. The van der Waals surface area contributed by atoms with E-state index in [-0.39, 0.29) is 22.8 Å². The molecule has 0 spiro atoms. The normalized spacial score (nSPS) is 15.3. The van der Waals surface area contributed by atoms with Crippen molar-refractivity contribution in [3.8, 4) is 5.75 Å². The van der Waals surface area contributed by atoms with Crippen molar-refractivity contribution in [3.05, 3.63) is 59.2 Å². The van der Waals surface area contributed by atoms with Crippen molar-refractivity contribution in [2.24, 2.45) is 0 Å². The molecule has 0 fully saturated rings. The van der Waals surface area contributed by atoms with Gasteiger partial charge in [-0.15, -0.1) is 0 Å². The number of nitrogens with zero attached hydrogens (tertiary/aromatic N) is 1. The minimum Gasteiger partial charge on any atom is -0.507 e. The van der Waals surface area contributed by atoms with Crippen LogP contribution in [0.3, 0.4) is 0 Å². The molecule has 0 aromatic heterocycles. The van der Waals surface area contributed by atoms with E-state index in [0.717, 1.165) is 11.1 Å². The zero-order valence-electron chi connectivity index (χ0n) is 11.8. The first-order valence-electron chi connectivity index (χ1n) is 6.87. The summed E-state index contributed by atoms with van der Waals surface area (Å²) in [5.74, 6) is -0.118. The molecule has 0 saturated carbocycles. The highest BCUT2D eigenvalue weighted by molar-refractivity contribution is 7.89. The summed E-state index contributed by atoms with van der Waals surface area (Å²) in [4.78, 5) is 11.1. The highest BCUT2D eigenvalue weighted by atomic mass is 32.2. The third-order valence-electron chi connectivity index (χ3n) is 3.83. The van der Waals surface area contributed by atoms with Crippen LogP contribution in [0.4, 0.5) is 0 Å². The molecule has 1 heterocycles. The first-order valence-corrected chi connectivity index (χ1v) is 8.31. The van der Waals surface area contributed by atoms with Gasteiger partial charge in [0.2, 0.25) is 10.0 Å². The average Bonchev–Trinajstić information content (AvgIpc) is 2.54. The van der Waals surface area contributed by atoms with E-state index >= 15 is 0 Å². The molecule has 6 heteroatoms. The molecule has 1 aliphatic heterocycles. The number of carbonyl (C=O) groups is 1. The summed E-state index contributed by atoms with van der Waals surface area (Å²) in [5.41, 5.74) is 1.87. The van der Waals surface area contributed by atoms with Crippen molar-refractivity contribution < 1.29 is 18.3 Å².